The van der Waals surface area contributed by atoms with Crippen molar-refractivity contribution in [1.82, 2.24) is 4.98 Å². The maximum Gasteiger partial charge on any atom is 0.302 e. The maximum absolute atomic E-state index is 12.9. The van der Waals surface area contributed by atoms with Gasteiger partial charge in [0.1, 0.15) is 0 Å². The molecule has 2 rings (SSSR count). The van der Waals surface area contributed by atoms with Crippen LogP contribution in [0.15, 0.2) is 18.3 Å². The lowest BCUT2D eigenvalue weighted by Crippen LogP contribution is -2.25. The minimum Gasteiger partial charge on any atom is -0.312 e. The van der Waals surface area contributed by atoms with Gasteiger partial charge >= 0.3 is 10.2 Å². The van der Waals surface area contributed by atoms with Crippen LogP contribution in [0.25, 0.3) is 0 Å². The number of halogens is 2. The molecule has 2 heterocycles. The van der Waals surface area contributed by atoms with Crippen LogP contribution >= 0.6 is 0 Å². The summed E-state index contributed by atoms with van der Waals surface area (Å²) in [4.78, 5) is 16.2. The van der Waals surface area contributed by atoms with E-state index in [1.54, 1.807) is 0 Å². The minimum atomic E-state index is -4.61. The Morgan fingerprint density at radius 2 is 2.22 bits per heavy atom. The van der Waals surface area contributed by atoms with Crippen LogP contribution in [0.2, 0.25) is 0 Å². The fourth-order valence-electron chi connectivity index (χ4n) is 1.98. The molecule has 1 saturated heterocycles. The van der Waals surface area contributed by atoms with Crippen LogP contribution in [0.5, 0.6) is 0 Å². The van der Waals surface area contributed by atoms with E-state index in [4.69, 9.17) is 0 Å². The van der Waals surface area contributed by atoms with Gasteiger partial charge in [-0.15, -0.1) is 3.89 Å². The van der Waals surface area contributed by atoms with E-state index in [1.807, 2.05) is 0 Å². The first-order valence-electron chi connectivity index (χ1n) is 5.19. The lowest BCUT2D eigenvalue weighted by Gasteiger charge is -2.16. The van der Waals surface area contributed by atoms with E-state index in [9.17, 15) is 21.5 Å². The highest BCUT2D eigenvalue weighted by atomic mass is 32.3. The number of hydrogen-bond acceptors (Lipinski definition) is 4. The van der Waals surface area contributed by atoms with Crippen LogP contribution in [0, 0.1) is 11.9 Å². The van der Waals surface area contributed by atoms with E-state index in [-0.39, 0.29) is 18.9 Å². The van der Waals surface area contributed by atoms with Crippen LogP contribution in [0.4, 0.5) is 14.0 Å². The molecule has 0 saturated carbocycles. The normalized spacial score (nSPS) is 20.4. The Bertz CT molecular complexity index is 576. The van der Waals surface area contributed by atoms with Gasteiger partial charge in [-0.05, 0) is 6.07 Å². The molecular formula is C10H10F2N2O3S. The highest BCUT2D eigenvalue weighted by Gasteiger charge is 2.33. The van der Waals surface area contributed by atoms with Crippen molar-refractivity contribution in [2.75, 3.05) is 17.2 Å². The molecule has 18 heavy (non-hydrogen) atoms. The van der Waals surface area contributed by atoms with Gasteiger partial charge in [-0.2, -0.15) is 12.8 Å². The van der Waals surface area contributed by atoms with Crippen molar-refractivity contribution in [2.45, 2.75) is 6.42 Å². The van der Waals surface area contributed by atoms with E-state index in [1.165, 1.54) is 17.2 Å². The fourth-order valence-corrected chi connectivity index (χ4v) is 2.77. The quantitative estimate of drug-likeness (QED) is 0.607. The third-order valence-electron chi connectivity index (χ3n) is 2.66. The van der Waals surface area contributed by atoms with Crippen molar-refractivity contribution in [3.05, 3.63) is 24.3 Å². The average molecular weight is 276 g/mol. The second-order valence-electron chi connectivity index (χ2n) is 4.12. The predicted octanol–water partition coefficient (Wildman–Crippen LogP) is 0.873. The van der Waals surface area contributed by atoms with Crippen molar-refractivity contribution < 1.29 is 21.5 Å². The number of carbonyl (C=O) groups is 1. The van der Waals surface area contributed by atoms with Gasteiger partial charge < -0.3 is 4.90 Å². The molecule has 1 aliphatic heterocycles. The summed E-state index contributed by atoms with van der Waals surface area (Å²) in [6.45, 7) is 0.0609. The smallest absolute Gasteiger partial charge is 0.302 e. The zero-order valence-corrected chi connectivity index (χ0v) is 10.0. The monoisotopic (exact) mass is 276 g/mol. The van der Waals surface area contributed by atoms with Crippen LogP contribution in [0.1, 0.15) is 6.42 Å². The van der Waals surface area contributed by atoms with E-state index < -0.39 is 27.8 Å². The Morgan fingerprint density at radius 1 is 1.50 bits per heavy atom. The average Bonchev–Trinajstić information content (AvgIpc) is 2.56. The molecule has 1 aliphatic rings. The zero-order valence-electron chi connectivity index (χ0n) is 9.21. The van der Waals surface area contributed by atoms with Gasteiger partial charge in [-0.25, -0.2) is 4.98 Å². The van der Waals surface area contributed by atoms with Crippen LogP contribution in [-0.2, 0) is 15.0 Å². The Balaban J connectivity index is 2.15. The van der Waals surface area contributed by atoms with E-state index >= 15 is 0 Å². The van der Waals surface area contributed by atoms with Crippen molar-refractivity contribution >= 4 is 21.8 Å². The number of amides is 1. The molecule has 1 aromatic heterocycles. The molecule has 0 aliphatic carbocycles. The molecule has 1 fully saturated rings. The SMILES string of the molecule is O=C1CC(CS(=O)(=O)F)CN1c1ccnc(F)c1. The third-order valence-corrected chi connectivity index (χ3v) is 3.53. The number of nitrogens with zero attached hydrogens (tertiary/aromatic N) is 2. The molecule has 98 valence electrons. The van der Waals surface area contributed by atoms with Crippen LogP contribution in [-0.4, -0.2) is 31.6 Å². The molecule has 0 radical (unpaired) electrons. The summed E-state index contributed by atoms with van der Waals surface area (Å²) in [6.07, 6.45) is 1.14. The largest absolute Gasteiger partial charge is 0.312 e. The highest BCUT2D eigenvalue weighted by Crippen LogP contribution is 2.26. The summed E-state index contributed by atoms with van der Waals surface area (Å²) < 4.78 is 46.5. The number of pyridine rings is 1. The molecule has 0 bridgehead atoms. The standard InChI is InChI=1S/C10H10F2N2O3S/c11-9-4-8(1-2-13-9)14-5-7(3-10(14)15)6-18(12,16)17/h1-2,4,7H,3,5-6H2. The summed E-state index contributed by atoms with van der Waals surface area (Å²) in [5.74, 6) is -2.39. The lowest BCUT2D eigenvalue weighted by atomic mass is 10.1. The molecular weight excluding hydrogens is 266 g/mol. The van der Waals surface area contributed by atoms with Gasteiger partial charge in [0.05, 0.1) is 5.75 Å². The van der Waals surface area contributed by atoms with Gasteiger partial charge in [0.15, 0.2) is 0 Å². The summed E-state index contributed by atoms with van der Waals surface area (Å²) in [5.41, 5.74) is 0.297. The van der Waals surface area contributed by atoms with Crippen LogP contribution in [0.3, 0.4) is 0 Å². The van der Waals surface area contributed by atoms with Crippen molar-refractivity contribution in [3.63, 3.8) is 0 Å². The van der Waals surface area contributed by atoms with E-state index in [2.05, 4.69) is 4.98 Å². The zero-order chi connectivity index (χ0) is 13.3. The molecule has 0 spiro atoms. The topological polar surface area (TPSA) is 67.3 Å². The van der Waals surface area contributed by atoms with E-state index in [0.29, 0.717) is 5.69 Å². The molecule has 1 unspecified atom stereocenters. The summed E-state index contributed by atoms with van der Waals surface area (Å²) in [5, 5.41) is 0. The Morgan fingerprint density at radius 3 is 2.83 bits per heavy atom. The number of hydrogen-bond donors (Lipinski definition) is 0. The molecule has 0 aromatic carbocycles. The number of anilines is 1. The van der Waals surface area contributed by atoms with Crippen molar-refractivity contribution in [3.8, 4) is 0 Å². The first-order chi connectivity index (χ1) is 8.35. The number of rotatable bonds is 3. The fraction of sp³-hybridized carbons (Fsp3) is 0.400. The number of aromatic nitrogens is 1. The lowest BCUT2D eigenvalue weighted by molar-refractivity contribution is -0.117. The van der Waals surface area contributed by atoms with Gasteiger partial charge in [0.2, 0.25) is 11.9 Å². The third kappa shape index (κ3) is 3.00. The van der Waals surface area contributed by atoms with Gasteiger partial charge in [0.25, 0.3) is 0 Å². The number of carbonyl (C=O) groups excluding carboxylic acids is 1. The summed E-state index contributed by atoms with van der Waals surface area (Å²) in [7, 11) is -4.61. The predicted molar refractivity (Wildman–Crippen MR) is 59.5 cm³/mol. The Kier molecular flexibility index (Phi) is 3.29. The van der Waals surface area contributed by atoms with Gasteiger partial charge in [-0.1, -0.05) is 0 Å². The van der Waals surface area contributed by atoms with Gasteiger partial charge in [0, 0.05) is 36.8 Å². The Hall–Kier alpha value is -1.57. The maximum atomic E-state index is 12.9. The molecule has 8 heteroatoms. The highest BCUT2D eigenvalue weighted by molar-refractivity contribution is 7.86. The minimum absolute atomic E-state index is 0.0609. The summed E-state index contributed by atoms with van der Waals surface area (Å²) in [6, 6.07) is 2.51. The van der Waals surface area contributed by atoms with Gasteiger partial charge in [-0.3, -0.25) is 4.79 Å². The summed E-state index contributed by atoms with van der Waals surface area (Å²) >= 11 is 0. The van der Waals surface area contributed by atoms with E-state index in [0.717, 1.165) is 6.07 Å². The molecule has 1 aromatic rings. The Labute approximate surface area is 103 Å². The molecule has 0 N–H and O–H groups in total. The molecule has 1 atom stereocenters. The van der Waals surface area contributed by atoms with Crippen LogP contribution < -0.4 is 4.90 Å². The van der Waals surface area contributed by atoms with Crippen molar-refractivity contribution in [1.29, 1.82) is 0 Å². The molecule has 1 amide bonds. The second kappa shape index (κ2) is 4.60. The second-order valence-corrected chi connectivity index (χ2v) is 5.53. The molecule has 5 nitrogen and oxygen atoms in total. The van der Waals surface area contributed by atoms with Crippen molar-refractivity contribution in [2.24, 2.45) is 5.92 Å². The first kappa shape index (κ1) is 12.9. The first-order valence-corrected chi connectivity index (χ1v) is 6.74.